The maximum Gasteiger partial charge on any atom is 1.00 e. The molecule has 0 unspecified atom stereocenters. The van der Waals surface area contributed by atoms with Crippen LogP contribution in [0.3, 0.4) is 0 Å². The minimum absolute atomic E-state index is 0. The van der Waals surface area contributed by atoms with E-state index in [4.69, 9.17) is 9.57 Å². The molecule has 1 N–H and O–H groups in total. The molecule has 13 heteroatoms. The monoisotopic (exact) mass is 896 g/mol. The SMILES string of the molecule is CCCCCc1cccc2c1N/C(=C/C=C1\CCCC(/C=C/C3=[N+](CCCCCC(=O)ON4C(=O)CCC4=O)c4ccccc4C3(C)C)=C1Oc1ccc(S(=O)(=O)[O-])cc1)C2(C)C.[Na+]. The molecule has 0 radical (unpaired) electrons. The molecular formula is C51H59N3NaO8S+. The number of hydrogen-bond donors (Lipinski definition) is 1. The van der Waals surface area contributed by atoms with Crippen molar-refractivity contribution in [1.29, 1.82) is 0 Å². The number of aryl methyl sites for hydroxylation is 1. The Balaban J connectivity index is 0.00000680. The van der Waals surface area contributed by atoms with Gasteiger partial charge in [-0.15, -0.1) is 5.06 Å². The normalized spacial score (nSPS) is 19.1. The van der Waals surface area contributed by atoms with Gasteiger partial charge in [0.15, 0.2) is 5.71 Å². The van der Waals surface area contributed by atoms with Gasteiger partial charge in [-0.3, -0.25) is 9.59 Å². The molecule has 4 aliphatic rings. The maximum atomic E-state index is 12.4. The zero-order chi connectivity index (χ0) is 44.9. The number of imide groups is 1. The number of carbonyl (C=O) groups is 3. The third-order valence-electron chi connectivity index (χ3n) is 12.8. The molecule has 0 saturated carbocycles. The van der Waals surface area contributed by atoms with Crippen LogP contribution in [0.15, 0.2) is 119 Å². The van der Waals surface area contributed by atoms with Gasteiger partial charge in [0.2, 0.25) is 5.69 Å². The molecule has 7 rings (SSSR count). The zero-order valence-corrected chi connectivity index (χ0v) is 40.9. The second-order valence-corrected chi connectivity index (χ2v) is 19.3. The number of carbonyl (C=O) groups excluding carboxylic acids is 3. The first-order valence-electron chi connectivity index (χ1n) is 22.4. The Morgan fingerprint density at radius 1 is 0.828 bits per heavy atom. The molecule has 3 heterocycles. The summed E-state index contributed by atoms with van der Waals surface area (Å²) in [7, 11) is -4.62. The number of amides is 2. The first kappa shape index (κ1) is 48.9. The van der Waals surface area contributed by atoms with E-state index in [0.29, 0.717) is 29.5 Å². The van der Waals surface area contributed by atoms with Crippen LogP contribution in [-0.2, 0) is 46.6 Å². The molecule has 0 spiro atoms. The van der Waals surface area contributed by atoms with Gasteiger partial charge in [-0.1, -0.05) is 76.1 Å². The molecule has 332 valence electrons. The van der Waals surface area contributed by atoms with Crippen molar-refractivity contribution in [2.75, 3.05) is 11.9 Å². The fourth-order valence-electron chi connectivity index (χ4n) is 9.14. The second-order valence-electron chi connectivity index (χ2n) is 17.9. The summed E-state index contributed by atoms with van der Waals surface area (Å²) in [6.45, 7) is 11.9. The number of unbranched alkanes of at least 4 members (excludes halogenated alkanes) is 4. The summed E-state index contributed by atoms with van der Waals surface area (Å²) in [6, 6.07) is 20.6. The van der Waals surface area contributed by atoms with E-state index in [-0.39, 0.29) is 64.5 Å². The number of fused-ring (bicyclic) bond motifs is 2. The Kier molecular flexibility index (Phi) is 15.8. The van der Waals surface area contributed by atoms with E-state index < -0.39 is 27.9 Å². The van der Waals surface area contributed by atoms with E-state index in [2.05, 4.69) is 105 Å². The molecule has 1 fully saturated rings. The standard InChI is InChI=1S/C51H59N3O8S.Na/c1-6-7-9-16-35-17-15-21-41-48(35)52-43(50(41,2)3)30-24-36-18-14-19-37(49(36)61-38-26-28-39(29-27-38)63(58,59)60)25-31-44-51(4,5)40-20-11-12-22-42(40)53(44)34-13-8-10-23-47(57)62-54-45(55)32-33-46(54)56;/h11-12,15,17,20-22,24-31H,6-10,13-14,16,18-19,23,32-34H2,1-5H3,(H,58,59,60);/q;+1. The van der Waals surface area contributed by atoms with E-state index >= 15 is 0 Å². The Labute approximate surface area is 400 Å². The van der Waals surface area contributed by atoms with Gasteiger partial charge < -0.3 is 19.4 Å². The van der Waals surface area contributed by atoms with Gasteiger partial charge in [0.1, 0.15) is 28.2 Å². The number of hydroxylamine groups is 2. The third-order valence-corrected chi connectivity index (χ3v) is 13.6. The van der Waals surface area contributed by atoms with Crippen LogP contribution in [0.1, 0.15) is 128 Å². The van der Waals surface area contributed by atoms with Crippen molar-refractivity contribution < 1.29 is 71.1 Å². The van der Waals surface area contributed by atoms with Crippen molar-refractivity contribution in [1.82, 2.24) is 5.06 Å². The number of nitrogens with zero attached hydrogens (tertiary/aromatic N) is 2. The summed E-state index contributed by atoms with van der Waals surface area (Å²) in [5, 5.41) is 4.39. The summed E-state index contributed by atoms with van der Waals surface area (Å²) in [4.78, 5) is 41.0. The van der Waals surface area contributed by atoms with Gasteiger partial charge >= 0.3 is 35.5 Å². The number of allylic oxidation sites excluding steroid dienone is 7. The van der Waals surface area contributed by atoms with Crippen LogP contribution in [0.2, 0.25) is 0 Å². The number of rotatable bonds is 17. The minimum atomic E-state index is -4.62. The Morgan fingerprint density at radius 2 is 1.55 bits per heavy atom. The summed E-state index contributed by atoms with van der Waals surface area (Å²) >= 11 is 0. The molecule has 1 aliphatic carbocycles. The topological polar surface area (TPSA) is 145 Å². The Bertz CT molecular complexity index is 2530. The molecule has 64 heavy (non-hydrogen) atoms. The van der Waals surface area contributed by atoms with E-state index in [9.17, 15) is 27.4 Å². The third kappa shape index (κ3) is 10.7. The van der Waals surface area contributed by atoms with Crippen molar-refractivity contribution in [3.63, 3.8) is 0 Å². The smallest absolute Gasteiger partial charge is 0.744 e. The first-order valence-corrected chi connectivity index (χ1v) is 23.8. The van der Waals surface area contributed by atoms with Gasteiger partial charge in [-0.25, -0.2) is 13.2 Å². The predicted octanol–water partition coefficient (Wildman–Crippen LogP) is 7.16. The second kappa shape index (κ2) is 20.7. The minimum Gasteiger partial charge on any atom is -0.744 e. The van der Waals surface area contributed by atoms with Gasteiger partial charge in [0.25, 0.3) is 11.8 Å². The average Bonchev–Trinajstić information content (AvgIpc) is 3.79. The van der Waals surface area contributed by atoms with Crippen LogP contribution in [0.5, 0.6) is 5.75 Å². The van der Waals surface area contributed by atoms with Crippen molar-refractivity contribution in [3.8, 4) is 5.75 Å². The number of anilines is 1. The zero-order valence-electron chi connectivity index (χ0n) is 38.1. The molecule has 0 aromatic heterocycles. The summed E-state index contributed by atoms with van der Waals surface area (Å²) in [6.07, 6.45) is 17.9. The average molecular weight is 897 g/mol. The number of para-hydroxylation sites is 2. The molecule has 1 saturated heterocycles. The summed E-state index contributed by atoms with van der Waals surface area (Å²) < 4.78 is 44.3. The van der Waals surface area contributed by atoms with Crippen LogP contribution >= 0.6 is 0 Å². The van der Waals surface area contributed by atoms with Crippen LogP contribution in [0.25, 0.3) is 0 Å². The number of nitrogens with one attached hydrogen (secondary N) is 1. The largest absolute Gasteiger partial charge is 1.00 e. The quantitative estimate of drug-likeness (QED) is 0.0491. The Morgan fingerprint density at radius 3 is 2.27 bits per heavy atom. The van der Waals surface area contributed by atoms with E-state index in [1.807, 2.05) is 6.07 Å². The van der Waals surface area contributed by atoms with Gasteiger partial charge in [0, 0.05) is 60.2 Å². The summed E-state index contributed by atoms with van der Waals surface area (Å²) in [5.74, 6) is -0.427. The van der Waals surface area contributed by atoms with Crippen LogP contribution < -0.4 is 39.6 Å². The molecular weight excluding hydrogens is 838 g/mol. The molecule has 2 amide bonds. The number of ether oxygens (including phenoxy) is 1. The first-order chi connectivity index (χ1) is 30.1. The van der Waals surface area contributed by atoms with Crippen molar-refractivity contribution in [3.05, 3.63) is 130 Å². The number of benzene rings is 3. The summed E-state index contributed by atoms with van der Waals surface area (Å²) in [5.41, 5.74) is 9.83. The molecule has 3 aromatic rings. The van der Waals surface area contributed by atoms with Gasteiger partial charge in [0.05, 0.1) is 10.3 Å². The molecule has 0 bridgehead atoms. The van der Waals surface area contributed by atoms with Crippen molar-refractivity contribution in [2.24, 2.45) is 0 Å². The van der Waals surface area contributed by atoms with Gasteiger partial charge in [-0.2, -0.15) is 4.58 Å². The number of hydrogen-bond acceptors (Lipinski definition) is 9. The maximum absolute atomic E-state index is 12.4. The van der Waals surface area contributed by atoms with Crippen molar-refractivity contribution in [2.45, 2.75) is 134 Å². The Hall–Kier alpha value is -4.59. The molecule has 11 nitrogen and oxygen atoms in total. The van der Waals surface area contributed by atoms with Crippen molar-refractivity contribution >= 4 is 45.0 Å². The van der Waals surface area contributed by atoms with Gasteiger partial charge in [-0.05, 0) is 117 Å². The molecule has 3 aromatic carbocycles. The van der Waals surface area contributed by atoms with Crippen LogP contribution in [-0.4, -0.2) is 52.6 Å². The molecule has 3 aliphatic heterocycles. The van der Waals surface area contributed by atoms with E-state index in [1.165, 1.54) is 59.5 Å². The van der Waals surface area contributed by atoms with E-state index in [1.54, 1.807) is 0 Å². The molecule has 0 atom stereocenters. The van der Waals surface area contributed by atoms with E-state index in [0.717, 1.165) is 73.2 Å². The fourth-order valence-corrected chi connectivity index (χ4v) is 9.61. The predicted molar refractivity (Wildman–Crippen MR) is 242 cm³/mol. The van der Waals surface area contributed by atoms with Crippen LogP contribution in [0.4, 0.5) is 11.4 Å². The van der Waals surface area contributed by atoms with Crippen LogP contribution in [0, 0.1) is 0 Å². The fraction of sp³-hybridized carbons (Fsp3) is 0.412.